The Morgan fingerprint density at radius 3 is 0.747 bits per heavy atom. The molecule has 0 saturated heterocycles. The summed E-state index contributed by atoms with van der Waals surface area (Å²) in [6, 6.07) is 0. The van der Waals surface area contributed by atoms with E-state index in [1.54, 1.807) is 0 Å². The summed E-state index contributed by atoms with van der Waals surface area (Å²) in [5.41, 5.74) is 0. The van der Waals surface area contributed by atoms with Crippen LogP contribution in [0.15, 0.2) is 0 Å². The zero-order chi connectivity index (χ0) is 70.3. The normalized spacial score (nSPS) is 14.4. The van der Waals surface area contributed by atoms with Gasteiger partial charge in [-0.15, -0.1) is 0 Å². The molecule has 0 aromatic heterocycles. The van der Waals surface area contributed by atoms with Crippen molar-refractivity contribution in [1.82, 2.24) is 0 Å². The fourth-order valence-electron chi connectivity index (χ4n) is 11.5. The molecule has 0 bridgehead atoms. The maximum atomic E-state index is 13.1. The minimum atomic E-state index is -4.96. The SMILES string of the molecule is CCC(C)CCCCCCCCC(=O)OC[C@H](COP(=O)(O)OCC(O)COP(=O)(O)OC[C@@H](COC(=O)CCCCCCCCCC(C)C)OC(=O)CCCCCCCCCCCCCCCC(C)C)OC(=O)CCCCCCCCCCCCCCCCCCC(C)C. The van der Waals surface area contributed by atoms with Crippen LogP contribution in [0.2, 0.25) is 0 Å². The molecule has 19 heteroatoms. The van der Waals surface area contributed by atoms with Crippen molar-refractivity contribution in [3.05, 3.63) is 0 Å². The lowest BCUT2D eigenvalue weighted by Gasteiger charge is -2.21. The van der Waals surface area contributed by atoms with Gasteiger partial charge < -0.3 is 33.8 Å². The van der Waals surface area contributed by atoms with Crippen LogP contribution in [0.25, 0.3) is 0 Å². The molecule has 0 aliphatic carbocycles. The second kappa shape index (κ2) is 65.4. The number of carbonyl (C=O) groups excluding carboxylic acids is 4. The van der Waals surface area contributed by atoms with E-state index in [2.05, 4.69) is 55.4 Å². The van der Waals surface area contributed by atoms with Gasteiger partial charge in [-0.3, -0.25) is 37.3 Å². The number of aliphatic hydroxyl groups is 1. The van der Waals surface area contributed by atoms with Crippen molar-refractivity contribution >= 4 is 39.5 Å². The summed E-state index contributed by atoms with van der Waals surface area (Å²) >= 11 is 0. The van der Waals surface area contributed by atoms with Gasteiger partial charge in [-0.05, 0) is 49.4 Å². The summed E-state index contributed by atoms with van der Waals surface area (Å²) in [6.45, 7) is 14.2. The van der Waals surface area contributed by atoms with E-state index in [-0.39, 0.29) is 25.7 Å². The van der Waals surface area contributed by atoms with Crippen molar-refractivity contribution < 1.29 is 80.2 Å². The molecule has 0 radical (unpaired) electrons. The first-order valence-corrected chi connectivity index (χ1v) is 42.2. The van der Waals surface area contributed by atoms with Crippen LogP contribution in [-0.4, -0.2) is 96.7 Å². The van der Waals surface area contributed by atoms with Crippen molar-refractivity contribution in [3.63, 3.8) is 0 Å². The Balaban J connectivity index is 5.21. The number of hydrogen-bond donors (Lipinski definition) is 3. The van der Waals surface area contributed by atoms with Crippen LogP contribution in [0.4, 0.5) is 0 Å². The summed E-state index contributed by atoms with van der Waals surface area (Å²) in [4.78, 5) is 72.8. The van der Waals surface area contributed by atoms with E-state index < -0.39 is 97.5 Å². The standard InChI is InChI=1S/C76H148O17P2/c1-9-69(8)55-47-39-34-35-41-49-57-74(79)87-63-72(93-76(81)58-50-42-31-25-21-17-13-11-10-12-15-19-23-28-36-44-52-66(2)3)65-91-95(84,85)89-61-70(77)60-88-94(82,83)90-64-71(62-86-73(78)56-48-40-33-27-30-38-46-54-68(6)7)92-75(80)59-51-43-32-26-22-18-14-16-20-24-29-37-45-53-67(4)5/h66-72,77H,9-65H2,1-8H3,(H,82,83)(H,84,85)/t69?,70?,71-,72-/m1/s1. The zero-order valence-electron chi connectivity index (χ0n) is 62.3. The fourth-order valence-corrected chi connectivity index (χ4v) is 13.1. The molecule has 0 aliphatic heterocycles. The summed E-state index contributed by atoms with van der Waals surface area (Å²) < 4.78 is 68.5. The van der Waals surface area contributed by atoms with Crippen molar-refractivity contribution in [1.29, 1.82) is 0 Å². The average molecular weight is 1400 g/mol. The number of phosphoric ester groups is 2. The largest absolute Gasteiger partial charge is 0.472 e. The summed E-state index contributed by atoms with van der Waals surface area (Å²) in [7, 11) is -9.91. The Kier molecular flexibility index (Phi) is 64.0. The first-order chi connectivity index (χ1) is 45.6. The molecule has 0 amide bonds. The Morgan fingerprint density at radius 2 is 0.505 bits per heavy atom. The third-order valence-electron chi connectivity index (χ3n) is 17.9. The predicted octanol–water partition coefficient (Wildman–Crippen LogP) is 22.0. The molecule has 564 valence electrons. The third-order valence-corrected chi connectivity index (χ3v) is 19.8. The highest BCUT2D eigenvalue weighted by Gasteiger charge is 2.30. The van der Waals surface area contributed by atoms with Crippen molar-refractivity contribution in [2.45, 2.75) is 401 Å². The molecule has 0 heterocycles. The molecule has 0 spiro atoms. The predicted molar refractivity (Wildman–Crippen MR) is 386 cm³/mol. The maximum absolute atomic E-state index is 13.1. The van der Waals surface area contributed by atoms with Crippen LogP contribution in [0.3, 0.4) is 0 Å². The lowest BCUT2D eigenvalue weighted by atomic mass is 10.00. The molecule has 0 aliphatic rings. The Morgan fingerprint density at radius 1 is 0.295 bits per heavy atom. The molecule has 6 atom stereocenters. The van der Waals surface area contributed by atoms with Crippen LogP contribution in [0.5, 0.6) is 0 Å². The van der Waals surface area contributed by atoms with Gasteiger partial charge in [0.15, 0.2) is 12.2 Å². The number of hydrogen-bond acceptors (Lipinski definition) is 15. The van der Waals surface area contributed by atoms with Crippen LogP contribution in [0, 0.1) is 23.7 Å². The molecule has 4 unspecified atom stereocenters. The van der Waals surface area contributed by atoms with Crippen LogP contribution in [0.1, 0.15) is 383 Å². The maximum Gasteiger partial charge on any atom is 0.472 e. The molecule has 17 nitrogen and oxygen atoms in total. The van der Waals surface area contributed by atoms with Crippen LogP contribution >= 0.6 is 15.6 Å². The van der Waals surface area contributed by atoms with Crippen molar-refractivity contribution in [2.24, 2.45) is 23.7 Å². The molecular weight excluding hydrogens is 1250 g/mol. The highest BCUT2D eigenvalue weighted by molar-refractivity contribution is 7.47. The van der Waals surface area contributed by atoms with Gasteiger partial charge in [0, 0.05) is 25.7 Å². The topological polar surface area (TPSA) is 237 Å². The van der Waals surface area contributed by atoms with Crippen molar-refractivity contribution in [2.75, 3.05) is 39.6 Å². The first-order valence-electron chi connectivity index (χ1n) is 39.2. The minimum Gasteiger partial charge on any atom is -0.462 e. The summed E-state index contributed by atoms with van der Waals surface area (Å²) in [6.07, 6.45) is 50.1. The average Bonchev–Trinajstić information content (AvgIpc) is 1.24. The molecular formula is C76H148O17P2. The van der Waals surface area contributed by atoms with Gasteiger partial charge >= 0.3 is 39.5 Å². The van der Waals surface area contributed by atoms with Gasteiger partial charge in [0.2, 0.25) is 0 Å². The first kappa shape index (κ1) is 93.1. The lowest BCUT2D eigenvalue weighted by molar-refractivity contribution is -0.161. The second-order valence-electron chi connectivity index (χ2n) is 29.1. The highest BCUT2D eigenvalue weighted by Crippen LogP contribution is 2.45. The number of rotatable bonds is 73. The third kappa shape index (κ3) is 69.0. The van der Waals surface area contributed by atoms with E-state index in [4.69, 9.17) is 37.0 Å². The number of unbranched alkanes of at least 4 members (excludes halogenated alkanes) is 38. The smallest absolute Gasteiger partial charge is 0.462 e. The van der Waals surface area contributed by atoms with Gasteiger partial charge in [0.1, 0.15) is 19.3 Å². The number of aliphatic hydroxyl groups excluding tert-OH is 1. The molecule has 95 heavy (non-hydrogen) atoms. The molecule has 0 aromatic rings. The zero-order valence-corrected chi connectivity index (χ0v) is 64.1. The molecule has 0 rings (SSSR count). The van der Waals surface area contributed by atoms with E-state index in [9.17, 15) is 43.2 Å². The number of ether oxygens (including phenoxy) is 4. The van der Waals surface area contributed by atoms with Crippen LogP contribution in [-0.2, 0) is 65.4 Å². The number of esters is 4. The number of carbonyl (C=O) groups is 4. The molecule has 0 aromatic carbocycles. The van der Waals surface area contributed by atoms with Crippen LogP contribution < -0.4 is 0 Å². The van der Waals surface area contributed by atoms with E-state index in [0.29, 0.717) is 31.6 Å². The van der Waals surface area contributed by atoms with E-state index in [1.165, 1.54) is 173 Å². The van der Waals surface area contributed by atoms with E-state index in [1.807, 2.05) is 0 Å². The molecule has 0 fully saturated rings. The Labute approximate surface area is 581 Å². The van der Waals surface area contributed by atoms with E-state index in [0.717, 1.165) is 120 Å². The van der Waals surface area contributed by atoms with Gasteiger partial charge in [-0.2, -0.15) is 0 Å². The van der Waals surface area contributed by atoms with Gasteiger partial charge in [-0.25, -0.2) is 9.13 Å². The monoisotopic (exact) mass is 1400 g/mol. The minimum absolute atomic E-state index is 0.106. The van der Waals surface area contributed by atoms with Crippen molar-refractivity contribution in [3.8, 4) is 0 Å². The number of phosphoric acid groups is 2. The molecule has 0 saturated carbocycles. The van der Waals surface area contributed by atoms with E-state index >= 15 is 0 Å². The highest BCUT2D eigenvalue weighted by atomic mass is 31.2. The fraction of sp³-hybridized carbons (Fsp3) is 0.947. The van der Waals surface area contributed by atoms with Gasteiger partial charge in [0.05, 0.1) is 26.4 Å². The summed E-state index contributed by atoms with van der Waals surface area (Å²) in [5, 5.41) is 10.6. The summed E-state index contributed by atoms with van der Waals surface area (Å²) in [5.74, 6) is 0.909. The molecule has 3 N–H and O–H groups in total. The van der Waals surface area contributed by atoms with Gasteiger partial charge in [-0.1, -0.05) is 331 Å². The second-order valence-corrected chi connectivity index (χ2v) is 32.0. The lowest BCUT2D eigenvalue weighted by Crippen LogP contribution is -2.30. The quantitative estimate of drug-likeness (QED) is 0.0222. The Hall–Kier alpha value is -1.94. The Bertz CT molecular complexity index is 1870. The van der Waals surface area contributed by atoms with Gasteiger partial charge in [0.25, 0.3) is 0 Å².